The molecule has 0 aromatic carbocycles. The molecule has 6 nitrogen and oxygen atoms in total. The largest absolute Gasteiger partial charge is 0.480 e. The van der Waals surface area contributed by atoms with Crippen molar-refractivity contribution in [3.63, 3.8) is 0 Å². The fourth-order valence-electron chi connectivity index (χ4n) is 2.79. The molecule has 2 aliphatic rings. The van der Waals surface area contributed by atoms with Crippen molar-refractivity contribution in [1.82, 2.24) is 8.61 Å². The highest BCUT2D eigenvalue weighted by Crippen LogP contribution is 2.30. The van der Waals surface area contributed by atoms with E-state index in [1.807, 2.05) is 13.8 Å². The van der Waals surface area contributed by atoms with Gasteiger partial charge < -0.3 is 5.11 Å². The van der Waals surface area contributed by atoms with Crippen molar-refractivity contribution in [3.05, 3.63) is 0 Å². The first-order chi connectivity index (χ1) is 9.35. The number of hydrogen-bond acceptors (Lipinski definition) is 4. The lowest BCUT2D eigenvalue weighted by molar-refractivity contribution is -0.142. The number of piperidine rings is 1. The lowest BCUT2D eigenvalue weighted by Crippen LogP contribution is -2.58. The summed E-state index contributed by atoms with van der Waals surface area (Å²) < 4.78 is 28.3. The summed E-state index contributed by atoms with van der Waals surface area (Å²) in [5, 5.41) is 9.49. The Labute approximate surface area is 124 Å². The summed E-state index contributed by atoms with van der Waals surface area (Å²) in [6, 6.07) is -1.01. The van der Waals surface area contributed by atoms with Crippen molar-refractivity contribution in [2.75, 3.05) is 18.8 Å². The average Bonchev–Trinajstić information content (AvgIpc) is 2.41. The number of carboxylic acids is 1. The van der Waals surface area contributed by atoms with Crippen molar-refractivity contribution in [1.29, 1.82) is 0 Å². The van der Waals surface area contributed by atoms with Gasteiger partial charge in [-0.25, -0.2) is 0 Å². The number of hydrogen-bond donors (Lipinski definition) is 1. The molecule has 2 heterocycles. The highest BCUT2D eigenvalue weighted by molar-refractivity contribution is 8.00. The van der Waals surface area contributed by atoms with E-state index in [1.54, 1.807) is 11.8 Å². The molecule has 2 fully saturated rings. The number of aliphatic carboxylic acids is 1. The molecule has 2 rings (SSSR count). The van der Waals surface area contributed by atoms with Gasteiger partial charge in [0.05, 0.1) is 0 Å². The Morgan fingerprint density at radius 3 is 2.55 bits per heavy atom. The Morgan fingerprint density at radius 2 is 1.90 bits per heavy atom. The standard InChI is InChI=1S/C12H22N2O4S2/c1-9-10(2)19-8-7-13(9)20(17,18)14-6-4-3-5-11(14)12(15)16/h9-11H,3-8H2,1-2H3,(H,15,16). The zero-order chi connectivity index (χ0) is 14.9. The van der Waals surface area contributed by atoms with Gasteiger partial charge in [-0.2, -0.15) is 28.8 Å². The van der Waals surface area contributed by atoms with Crippen LogP contribution in [0.1, 0.15) is 33.1 Å². The molecule has 20 heavy (non-hydrogen) atoms. The van der Waals surface area contributed by atoms with Crippen LogP contribution in [0.4, 0.5) is 0 Å². The smallest absolute Gasteiger partial charge is 0.322 e. The topological polar surface area (TPSA) is 77.9 Å². The zero-order valence-corrected chi connectivity index (χ0v) is 13.5. The Balaban J connectivity index is 2.25. The Hall–Kier alpha value is -0.310. The van der Waals surface area contributed by atoms with Gasteiger partial charge in [-0.3, -0.25) is 4.79 Å². The molecule has 116 valence electrons. The van der Waals surface area contributed by atoms with Crippen molar-refractivity contribution >= 4 is 27.9 Å². The molecule has 3 atom stereocenters. The molecular formula is C12H22N2O4S2. The van der Waals surface area contributed by atoms with Crippen LogP contribution in [0.2, 0.25) is 0 Å². The Bertz CT molecular complexity index is 468. The van der Waals surface area contributed by atoms with Gasteiger partial charge >= 0.3 is 5.97 Å². The van der Waals surface area contributed by atoms with Gasteiger partial charge in [0.1, 0.15) is 6.04 Å². The third kappa shape index (κ3) is 2.98. The number of nitrogens with zero attached hydrogens (tertiary/aromatic N) is 2. The van der Waals surface area contributed by atoms with Crippen LogP contribution in [0.5, 0.6) is 0 Å². The van der Waals surface area contributed by atoms with Gasteiger partial charge in [-0.15, -0.1) is 0 Å². The molecule has 0 aromatic heterocycles. The van der Waals surface area contributed by atoms with Crippen molar-refractivity contribution in [2.24, 2.45) is 0 Å². The minimum absolute atomic E-state index is 0.102. The molecule has 0 bridgehead atoms. The summed E-state index contributed by atoms with van der Waals surface area (Å²) in [7, 11) is -3.69. The van der Waals surface area contributed by atoms with Crippen LogP contribution in [-0.2, 0) is 15.0 Å². The summed E-state index contributed by atoms with van der Waals surface area (Å²) in [5.74, 6) is -0.281. The minimum atomic E-state index is -3.69. The molecule has 3 unspecified atom stereocenters. The SMILES string of the molecule is CC1SCCN(S(=O)(=O)N2CCCCC2C(=O)O)C1C. The van der Waals surface area contributed by atoms with Gasteiger partial charge in [0.25, 0.3) is 10.2 Å². The average molecular weight is 322 g/mol. The molecular weight excluding hydrogens is 300 g/mol. The van der Waals surface area contributed by atoms with Crippen molar-refractivity contribution in [2.45, 2.75) is 50.4 Å². The molecule has 0 amide bonds. The first-order valence-corrected chi connectivity index (χ1v) is 9.43. The molecule has 0 aromatic rings. The first-order valence-electron chi connectivity index (χ1n) is 6.98. The highest BCUT2D eigenvalue weighted by atomic mass is 32.2. The molecule has 8 heteroatoms. The van der Waals surface area contributed by atoms with Gasteiger partial charge in [0.2, 0.25) is 0 Å². The molecule has 0 spiro atoms. The zero-order valence-electron chi connectivity index (χ0n) is 11.9. The quantitative estimate of drug-likeness (QED) is 0.838. The molecule has 0 radical (unpaired) electrons. The van der Waals surface area contributed by atoms with Gasteiger partial charge in [0, 0.05) is 30.1 Å². The van der Waals surface area contributed by atoms with E-state index in [-0.39, 0.29) is 11.3 Å². The Morgan fingerprint density at radius 1 is 1.20 bits per heavy atom. The number of carboxylic acid groups (broad SMARTS) is 1. The normalized spacial score (nSPS) is 34.0. The lowest BCUT2D eigenvalue weighted by atomic mass is 10.1. The monoisotopic (exact) mass is 322 g/mol. The van der Waals surface area contributed by atoms with E-state index in [4.69, 9.17) is 0 Å². The molecule has 1 N–H and O–H groups in total. The van der Waals surface area contributed by atoms with Gasteiger partial charge in [0.15, 0.2) is 0 Å². The maximum Gasteiger partial charge on any atom is 0.322 e. The van der Waals surface area contributed by atoms with Crippen LogP contribution in [0, 0.1) is 0 Å². The van der Waals surface area contributed by atoms with E-state index in [9.17, 15) is 18.3 Å². The predicted octanol–water partition coefficient (Wildman–Crippen LogP) is 0.996. The van der Waals surface area contributed by atoms with E-state index < -0.39 is 22.2 Å². The van der Waals surface area contributed by atoms with Crippen LogP contribution < -0.4 is 0 Å². The van der Waals surface area contributed by atoms with E-state index in [0.717, 1.165) is 18.6 Å². The fourth-order valence-corrected chi connectivity index (χ4v) is 6.16. The maximum absolute atomic E-state index is 12.8. The second kappa shape index (κ2) is 6.21. The summed E-state index contributed by atoms with van der Waals surface area (Å²) in [6.07, 6.45) is 1.90. The lowest BCUT2D eigenvalue weighted by Gasteiger charge is -2.41. The molecule has 2 saturated heterocycles. The van der Waals surface area contributed by atoms with Crippen molar-refractivity contribution < 1.29 is 18.3 Å². The minimum Gasteiger partial charge on any atom is -0.480 e. The summed E-state index contributed by atoms with van der Waals surface area (Å²) in [5.41, 5.74) is 0. The number of rotatable bonds is 3. The van der Waals surface area contributed by atoms with Gasteiger partial charge in [-0.05, 0) is 26.2 Å². The molecule has 2 aliphatic heterocycles. The maximum atomic E-state index is 12.8. The summed E-state index contributed by atoms with van der Waals surface area (Å²) in [4.78, 5) is 11.3. The third-order valence-electron chi connectivity index (χ3n) is 4.16. The van der Waals surface area contributed by atoms with E-state index in [1.165, 1.54) is 8.61 Å². The van der Waals surface area contributed by atoms with E-state index in [2.05, 4.69) is 0 Å². The van der Waals surface area contributed by atoms with Crippen LogP contribution >= 0.6 is 11.8 Å². The van der Waals surface area contributed by atoms with Crippen molar-refractivity contribution in [3.8, 4) is 0 Å². The number of thioether (sulfide) groups is 1. The fraction of sp³-hybridized carbons (Fsp3) is 0.917. The predicted molar refractivity (Wildman–Crippen MR) is 79.0 cm³/mol. The van der Waals surface area contributed by atoms with Crippen LogP contribution in [0.15, 0.2) is 0 Å². The Kier molecular flexibility index (Phi) is 4.99. The second-order valence-corrected chi connectivity index (χ2v) is 8.71. The summed E-state index contributed by atoms with van der Waals surface area (Å²) in [6.45, 7) is 4.68. The molecule has 0 aliphatic carbocycles. The highest BCUT2D eigenvalue weighted by Gasteiger charge is 2.43. The first kappa shape index (κ1) is 16.1. The third-order valence-corrected chi connectivity index (χ3v) is 7.63. The van der Waals surface area contributed by atoms with E-state index in [0.29, 0.717) is 19.5 Å². The van der Waals surface area contributed by atoms with Crippen LogP contribution in [0.3, 0.4) is 0 Å². The van der Waals surface area contributed by atoms with Crippen LogP contribution in [-0.4, -0.2) is 64.3 Å². The summed E-state index contributed by atoms with van der Waals surface area (Å²) >= 11 is 1.76. The van der Waals surface area contributed by atoms with Gasteiger partial charge in [-0.1, -0.05) is 6.92 Å². The second-order valence-electron chi connectivity index (χ2n) is 5.40. The van der Waals surface area contributed by atoms with Crippen LogP contribution in [0.25, 0.3) is 0 Å². The van der Waals surface area contributed by atoms with E-state index >= 15 is 0 Å². The number of carbonyl (C=O) groups is 1. The molecule has 0 saturated carbocycles.